The summed E-state index contributed by atoms with van der Waals surface area (Å²) in [4.78, 5) is 26.6. The number of benzene rings is 1. The van der Waals surface area contributed by atoms with Crippen LogP contribution in [0.2, 0.25) is 0 Å². The zero-order valence-electron chi connectivity index (χ0n) is 14.8. The van der Waals surface area contributed by atoms with Crippen molar-refractivity contribution in [3.63, 3.8) is 0 Å². The van der Waals surface area contributed by atoms with E-state index in [0.717, 1.165) is 29.7 Å². The van der Waals surface area contributed by atoms with Gasteiger partial charge >= 0.3 is 5.97 Å². The summed E-state index contributed by atoms with van der Waals surface area (Å²) in [5.41, 5.74) is 4.05. The number of thiophene rings is 1. The number of hydrogen-bond donors (Lipinski definition) is 1. The summed E-state index contributed by atoms with van der Waals surface area (Å²) in [6.45, 7) is 5.50. The van der Waals surface area contributed by atoms with E-state index in [4.69, 9.17) is 4.74 Å². The van der Waals surface area contributed by atoms with Crippen LogP contribution in [0, 0.1) is 13.8 Å². The molecule has 5 heteroatoms. The number of aryl methyl sites for hydroxylation is 4. The molecular formula is C20H23NO3S. The summed E-state index contributed by atoms with van der Waals surface area (Å²) >= 11 is 1.50. The van der Waals surface area contributed by atoms with Crippen molar-refractivity contribution in [1.82, 2.24) is 0 Å². The second-order valence-corrected chi connectivity index (χ2v) is 7.76. The molecule has 25 heavy (non-hydrogen) atoms. The molecule has 0 aliphatic heterocycles. The summed E-state index contributed by atoms with van der Waals surface area (Å²) in [5.74, 6) is -0.730. The summed E-state index contributed by atoms with van der Waals surface area (Å²) in [6, 6.07) is 7.79. The van der Waals surface area contributed by atoms with Crippen molar-refractivity contribution in [2.75, 3.05) is 5.32 Å². The number of ether oxygens (including phenoxy) is 1. The molecule has 1 N–H and O–H groups in total. The maximum atomic E-state index is 12.4. The normalized spacial score (nSPS) is 14.5. The molecule has 0 fully saturated rings. The Morgan fingerprint density at radius 3 is 2.68 bits per heavy atom. The molecule has 1 aliphatic rings. The highest BCUT2D eigenvalue weighted by Crippen LogP contribution is 2.30. The number of hydrogen-bond acceptors (Lipinski definition) is 4. The van der Waals surface area contributed by atoms with Crippen LogP contribution < -0.4 is 5.32 Å². The van der Waals surface area contributed by atoms with Gasteiger partial charge in [-0.25, -0.2) is 4.79 Å². The maximum absolute atomic E-state index is 12.4. The van der Waals surface area contributed by atoms with Crippen LogP contribution in [0.15, 0.2) is 24.3 Å². The molecule has 0 saturated carbocycles. The predicted molar refractivity (Wildman–Crippen MR) is 100 cm³/mol. The summed E-state index contributed by atoms with van der Waals surface area (Å²) in [5, 5.41) is 2.84. The minimum Gasteiger partial charge on any atom is -0.448 e. The van der Waals surface area contributed by atoms with Crippen LogP contribution in [-0.4, -0.2) is 18.0 Å². The van der Waals surface area contributed by atoms with E-state index >= 15 is 0 Å². The summed E-state index contributed by atoms with van der Waals surface area (Å²) in [6.07, 6.45) is 3.58. The van der Waals surface area contributed by atoms with Gasteiger partial charge in [0.25, 0.3) is 5.91 Å². The van der Waals surface area contributed by atoms with Gasteiger partial charge in [-0.1, -0.05) is 12.1 Å². The van der Waals surface area contributed by atoms with Gasteiger partial charge in [0.05, 0.1) is 0 Å². The van der Waals surface area contributed by atoms with Crippen LogP contribution in [0.4, 0.5) is 5.69 Å². The number of nitrogens with one attached hydrogen (secondary N) is 1. The zero-order valence-corrected chi connectivity index (χ0v) is 15.7. The Labute approximate surface area is 152 Å². The van der Waals surface area contributed by atoms with E-state index in [-0.39, 0.29) is 5.91 Å². The minimum atomic E-state index is -0.841. The van der Waals surface area contributed by atoms with Crippen molar-refractivity contribution >= 4 is 28.9 Å². The standard InChI is InChI=1S/C20H23NO3S/c1-12-8-9-13(2)16(10-12)21-19(22)14(3)24-20(23)18-11-15-6-4-5-7-17(15)25-18/h8-11,14H,4-7H2,1-3H3,(H,21,22)/t14-/m1/s1. The second kappa shape index (κ2) is 7.40. The highest BCUT2D eigenvalue weighted by molar-refractivity contribution is 7.14. The van der Waals surface area contributed by atoms with Crippen molar-refractivity contribution in [1.29, 1.82) is 0 Å². The Hall–Kier alpha value is -2.14. The van der Waals surface area contributed by atoms with E-state index in [9.17, 15) is 9.59 Å². The number of carbonyl (C=O) groups excluding carboxylic acids is 2. The molecule has 0 spiro atoms. The van der Waals surface area contributed by atoms with Crippen LogP contribution in [0.3, 0.4) is 0 Å². The number of anilines is 1. The fourth-order valence-corrected chi connectivity index (χ4v) is 4.10. The first-order valence-electron chi connectivity index (χ1n) is 8.64. The molecule has 1 aliphatic carbocycles. The topological polar surface area (TPSA) is 55.4 Å². The smallest absolute Gasteiger partial charge is 0.349 e. The van der Waals surface area contributed by atoms with Gasteiger partial charge in [-0.2, -0.15) is 0 Å². The van der Waals surface area contributed by atoms with E-state index in [1.165, 1.54) is 34.6 Å². The van der Waals surface area contributed by atoms with Crippen molar-refractivity contribution in [2.24, 2.45) is 0 Å². The lowest BCUT2D eigenvalue weighted by Gasteiger charge is -2.14. The molecule has 1 aromatic heterocycles. The predicted octanol–water partition coefficient (Wildman–Crippen LogP) is 4.43. The number of fused-ring (bicyclic) bond motifs is 1. The van der Waals surface area contributed by atoms with Crippen LogP contribution in [-0.2, 0) is 22.4 Å². The molecule has 0 bridgehead atoms. The quantitative estimate of drug-likeness (QED) is 0.824. The highest BCUT2D eigenvalue weighted by Gasteiger charge is 2.23. The average molecular weight is 357 g/mol. The fraction of sp³-hybridized carbons (Fsp3) is 0.400. The van der Waals surface area contributed by atoms with Gasteiger partial charge in [-0.05, 0) is 75.3 Å². The van der Waals surface area contributed by atoms with Gasteiger partial charge in [-0.15, -0.1) is 11.3 Å². The molecule has 0 radical (unpaired) electrons. The molecule has 0 saturated heterocycles. The molecule has 4 nitrogen and oxygen atoms in total. The third-order valence-electron chi connectivity index (χ3n) is 4.50. The Morgan fingerprint density at radius 1 is 1.16 bits per heavy atom. The molecule has 0 unspecified atom stereocenters. The molecule has 1 atom stereocenters. The maximum Gasteiger partial charge on any atom is 0.349 e. The second-order valence-electron chi connectivity index (χ2n) is 6.62. The van der Waals surface area contributed by atoms with Crippen molar-refractivity contribution < 1.29 is 14.3 Å². The van der Waals surface area contributed by atoms with Crippen molar-refractivity contribution in [2.45, 2.75) is 52.6 Å². The summed E-state index contributed by atoms with van der Waals surface area (Å²) in [7, 11) is 0. The molecule has 1 aromatic carbocycles. The fourth-order valence-electron chi connectivity index (χ4n) is 2.97. The number of rotatable bonds is 4. The molecule has 2 aromatic rings. The van der Waals surface area contributed by atoms with Gasteiger partial charge in [-0.3, -0.25) is 4.79 Å². The van der Waals surface area contributed by atoms with Crippen molar-refractivity contribution in [3.05, 3.63) is 50.7 Å². The lowest BCUT2D eigenvalue weighted by Crippen LogP contribution is -2.30. The molecule has 132 valence electrons. The number of esters is 1. The molecule has 1 heterocycles. The van der Waals surface area contributed by atoms with Crippen LogP contribution in [0.25, 0.3) is 0 Å². The van der Waals surface area contributed by atoms with E-state index < -0.39 is 12.1 Å². The van der Waals surface area contributed by atoms with Gasteiger partial charge in [0.1, 0.15) is 4.88 Å². The third-order valence-corrected chi connectivity index (χ3v) is 5.72. The van der Waals surface area contributed by atoms with Crippen LogP contribution in [0.5, 0.6) is 0 Å². The van der Waals surface area contributed by atoms with Crippen LogP contribution >= 0.6 is 11.3 Å². The average Bonchev–Trinajstić information content (AvgIpc) is 3.02. The van der Waals surface area contributed by atoms with Gasteiger partial charge in [0, 0.05) is 10.6 Å². The molecule has 1 amide bonds. The molecule has 3 rings (SSSR count). The number of carbonyl (C=O) groups is 2. The number of amides is 1. The lowest BCUT2D eigenvalue weighted by molar-refractivity contribution is -0.123. The van der Waals surface area contributed by atoms with Crippen LogP contribution in [0.1, 0.15) is 51.0 Å². The van der Waals surface area contributed by atoms with E-state index in [1.54, 1.807) is 6.92 Å². The van der Waals surface area contributed by atoms with Gasteiger partial charge in [0.2, 0.25) is 0 Å². The lowest BCUT2D eigenvalue weighted by atomic mass is 9.99. The van der Waals surface area contributed by atoms with Crippen molar-refractivity contribution in [3.8, 4) is 0 Å². The first-order chi connectivity index (χ1) is 11.9. The Bertz CT molecular complexity index is 786. The van der Waals surface area contributed by atoms with Gasteiger partial charge in [0.15, 0.2) is 6.10 Å². The van der Waals surface area contributed by atoms with E-state index in [0.29, 0.717) is 4.88 Å². The Morgan fingerprint density at radius 2 is 1.92 bits per heavy atom. The zero-order chi connectivity index (χ0) is 18.0. The SMILES string of the molecule is Cc1ccc(C)c(NC(=O)[C@@H](C)OC(=O)c2cc3c(s2)CCCC3)c1. The Balaban J connectivity index is 1.63. The van der Waals surface area contributed by atoms with E-state index in [1.807, 2.05) is 38.1 Å². The largest absolute Gasteiger partial charge is 0.448 e. The minimum absolute atomic E-state index is 0.316. The summed E-state index contributed by atoms with van der Waals surface area (Å²) < 4.78 is 5.38. The first kappa shape index (κ1) is 17.7. The Kier molecular flexibility index (Phi) is 5.23. The highest BCUT2D eigenvalue weighted by atomic mass is 32.1. The van der Waals surface area contributed by atoms with Gasteiger partial charge < -0.3 is 10.1 Å². The third kappa shape index (κ3) is 4.10. The monoisotopic (exact) mass is 357 g/mol. The first-order valence-corrected chi connectivity index (χ1v) is 9.46. The van der Waals surface area contributed by atoms with E-state index in [2.05, 4.69) is 5.32 Å². The molecular weight excluding hydrogens is 334 g/mol.